The Morgan fingerprint density at radius 2 is 0.380 bits per heavy atom. The van der Waals surface area contributed by atoms with Gasteiger partial charge in [-0.1, -0.05) is 252 Å². The molecule has 50 heavy (non-hydrogen) atoms. The lowest BCUT2D eigenvalue weighted by Gasteiger charge is -2.18. The smallest absolute Gasteiger partial charge is 0.287 e. The maximum atomic E-state index is 13.5. The summed E-state index contributed by atoms with van der Waals surface area (Å²) in [7, 11) is -3.47. The van der Waals surface area contributed by atoms with Crippen LogP contribution in [-0.2, 0) is 18.1 Å². The summed E-state index contributed by atoms with van der Waals surface area (Å²) in [5.74, 6) is 0. The summed E-state index contributed by atoms with van der Waals surface area (Å²) in [4.78, 5) is 0. The molecule has 0 spiro atoms. The Kier molecular flexibility index (Phi) is 43.6. The van der Waals surface area contributed by atoms with Crippen molar-refractivity contribution in [3.63, 3.8) is 0 Å². The zero-order chi connectivity index (χ0) is 36.3. The Labute approximate surface area is 316 Å². The minimum absolute atomic E-state index is 0.478. The van der Waals surface area contributed by atoms with Crippen LogP contribution in [0.15, 0.2) is 0 Å². The Balaban J connectivity index is 4.08. The third kappa shape index (κ3) is 40.9. The second-order valence-electron chi connectivity index (χ2n) is 15.7. The average molecular weight is 729 g/mol. The summed E-state index contributed by atoms with van der Waals surface area (Å²) in [6, 6.07) is 0. The third-order valence-corrected chi connectivity index (χ3v) is 12.0. The first-order valence-corrected chi connectivity index (χ1v) is 24.7. The van der Waals surface area contributed by atoms with Crippen LogP contribution in [0.1, 0.15) is 271 Å². The van der Waals surface area contributed by atoms with Crippen LogP contribution in [0, 0.1) is 0 Å². The maximum absolute atomic E-state index is 13.5. The lowest BCUT2D eigenvalue weighted by Crippen LogP contribution is -2.04. The van der Waals surface area contributed by atoms with Crippen LogP contribution in [-0.4, -0.2) is 19.8 Å². The molecule has 0 atom stereocenters. The van der Waals surface area contributed by atoms with Crippen LogP contribution < -0.4 is 0 Å². The molecule has 302 valence electrons. The van der Waals surface area contributed by atoms with E-state index in [1.165, 1.54) is 212 Å². The van der Waals surface area contributed by atoms with Gasteiger partial charge >= 0.3 is 7.82 Å². The lowest BCUT2D eigenvalue weighted by atomic mass is 10.0. The molecule has 0 aromatic rings. The lowest BCUT2D eigenvalue weighted by molar-refractivity contribution is 0.108. The van der Waals surface area contributed by atoms with Crippen molar-refractivity contribution in [1.82, 2.24) is 0 Å². The van der Waals surface area contributed by atoms with E-state index in [0.29, 0.717) is 19.8 Å². The second kappa shape index (κ2) is 43.5. The Morgan fingerprint density at radius 3 is 0.540 bits per heavy atom. The highest BCUT2D eigenvalue weighted by Crippen LogP contribution is 2.50. The number of phosphoric ester groups is 1. The van der Waals surface area contributed by atoms with Crippen molar-refractivity contribution in [3.8, 4) is 0 Å². The SMILES string of the molecule is CCCCCCCCCCCCCCCOP(=O)(OCCCCCCCCCCCCCCC)OCCCCCCCCCCCCCCC. The van der Waals surface area contributed by atoms with E-state index in [2.05, 4.69) is 20.8 Å². The van der Waals surface area contributed by atoms with E-state index in [-0.39, 0.29) is 0 Å². The number of rotatable bonds is 45. The molecule has 0 aliphatic rings. The fourth-order valence-corrected chi connectivity index (χ4v) is 8.28. The molecule has 0 amide bonds. The van der Waals surface area contributed by atoms with Crippen molar-refractivity contribution in [1.29, 1.82) is 0 Å². The van der Waals surface area contributed by atoms with Gasteiger partial charge in [0.05, 0.1) is 19.8 Å². The minimum Gasteiger partial charge on any atom is -0.287 e. The van der Waals surface area contributed by atoms with E-state index in [4.69, 9.17) is 13.6 Å². The van der Waals surface area contributed by atoms with E-state index >= 15 is 0 Å². The van der Waals surface area contributed by atoms with Crippen molar-refractivity contribution < 1.29 is 18.1 Å². The molecule has 0 heterocycles. The summed E-state index contributed by atoms with van der Waals surface area (Å²) in [6.45, 7) is 8.30. The van der Waals surface area contributed by atoms with Gasteiger partial charge in [-0.3, -0.25) is 13.6 Å². The fraction of sp³-hybridized carbons (Fsp3) is 1.00. The molecule has 0 N–H and O–H groups in total. The van der Waals surface area contributed by atoms with Crippen LogP contribution in [0.3, 0.4) is 0 Å². The average Bonchev–Trinajstić information content (AvgIpc) is 3.12. The van der Waals surface area contributed by atoms with Crippen molar-refractivity contribution in [2.75, 3.05) is 19.8 Å². The molecule has 0 aromatic carbocycles. The van der Waals surface area contributed by atoms with Gasteiger partial charge in [-0.25, -0.2) is 4.57 Å². The first kappa shape index (κ1) is 50.1. The molecule has 0 aliphatic carbocycles. The Hall–Kier alpha value is 0.110. The zero-order valence-corrected chi connectivity index (χ0v) is 35.7. The fourth-order valence-electron chi connectivity index (χ4n) is 7.00. The largest absolute Gasteiger partial charge is 0.474 e. The number of unbranched alkanes of at least 4 members (excludes halogenated alkanes) is 36. The highest BCUT2D eigenvalue weighted by molar-refractivity contribution is 7.48. The molecule has 0 saturated carbocycles. The van der Waals surface area contributed by atoms with Gasteiger partial charge in [0.25, 0.3) is 0 Å². The number of hydrogen-bond donors (Lipinski definition) is 0. The van der Waals surface area contributed by atoms with Crippen LogP contribution >= 0.6 is 7.82 Å². The van der Waals surface area contributed by atoms with E-state index in [0.717, 1.165) is 38.5 Å². The minimum atomic E-state index is -3.47. The highest BCUT2D eigenvalue weighted by atomic mass is 31.2. The van der Waals surface area contributed by atoms with Crippen LogP contribution in [0.4, 0.5) is 0 Å². The summed E-state index contributed by atoms with van der Waals surface area (Å²) in [6.07, 6.45) is 51.4. The monoisotopic (exact) mass is 729 g/mol. The van der Waals surface area contributed by atoms with Gasteiger partial charge in [-0.2, -0.15) is 0 Å². The van der Waals surface area contributed by atoms with Gasteiger partial charge in [-0.15, -0.1) is 0 Å². The summed E-state index contributed by atoms with van der Waals surface area (Å²) in [5, 5.41) is 0. The van der Waals surface area contributed by atoms with Gasteiger partial charge in [0, 0.05) is 0 Å². The predicted octanol–water partition coefficient (Wildman–Crippen LogP) is 17.4. The Morgan fingerprint density at radius 1 is 0.240 bits per heavy atom. The van der Waals surface area contributed by atoms with Crippen LogP contribution in [0.2, 0.25) is 0 Å². The molecule has 4 nitrogen and oxygen atoms in total. The summed E-state index contributed by atoms with van der Waals surface area (Å²) < 4.78 is 31.1. The van der Waals surface area contributed by atoms with Gasteiger partial charge < -0.3 is 0 Å². The van der Waals surface area contributed by atoms with Gasteiger partial charge in [-0.05, 0) is 19.3 Å². The van der Waals surface area contributed by atoms with Crippen LogP contribution in [0.25, 0.3) is 0 Å². The predicted molar refractivity (Wildman–Crippen MR) is 223 cm³/mol. The normalized spacial score (nSPS) is 12.0. The topological polar surface area (TPSA) is 44.8 Å². The molecule has 0 unspecified atom stereocenters. The van der Waals surface area contributed by atoms with E-state index in [1.807, 2.05) is 0 Å². The zero-order valence-electron chi connectivity index (χ0n) is 34.8. The molecular formula is C45H93O4P. The van der Waals surface area contributed by atoms with E-state index in [9.17, 15) is 4.57 Å². The first-order valence-electron chi connectivity index (χ1n) is 23.2. The molecule has 5 heteroatoms. The Bertz CT molecular complexity index is 571. The summed E-state index contributed by atoms with van der Waals surface area (Å²) >= 11 is 0. The number of hydrogen-bond acceptors (Lipinski definition) is 4. The molecular weight excluding hydrogens is 635 g/mol. The van der Waals surface area contributed by atoms with Crippen molar-refractivity contribution in [2.45, 2.75) is 271 Å². The van der Waals surface area contributed by atoms with Gasteiger partial charge in [0.15, 0.2) is 0 Å². The van der Waals surface area contributed by atoms with E-state index < -0.39 is 7.82 Å². The quantitative estimate of drug-likeness (QED) is 0.0463. The van der Waals surface area contributed by atoms with Crippen LogP contribution in [0.5, 0.6) is 0 Å². The van der Waals surface area contributed by atoms with Gasteiger partial charge in [0.2, 0.25) is 0 Å². The molecule has 0 aliphatic heterocycles. The molecule has 0 radical (unpaired) electrons. The van der Waals surface area contributed by atoms with E-state index in [1.54, 1.807) is 0 Å². The van der Waals surface area contributed by atoms with Gasteiger partial charge in [0.1, 0.15) is 0 Å². The second-order valence-corrected chi connectivity index (χ2v) is 17.3. The number of phosphoric acid groups is 1. The third-order valence-electron chi connectivity index (χ3n) is 10.5. The molecule has 0 aromatic heterocycles. The van der Waals surface area contributed by atoms with Crippen molar-refractivity contribution in [2.24, 2.45) is 0 Å². The molecule has 0 bridgehead atoms. The first-order chi connectivity index (χ1) is 24.7. The summed E-state index contributed by atoms with van der Waals surface area (Å²) in [5.41, 5.74) is 0. The van der Waals surface area contributed by atoms with Crippen molar-refractivity contribution >= 4 is 7.82 Å². The molecule has 0 fully saturated rings. The molecule has 0 rings (SSSR count). The standard InChI is InChI=1S/C45H93O4P/c1-4-7-10-13-16-19-22-25-28-31-34-37-40-43-47-50(46,48-44-41-38-35-32-29-26-23-20-17-14-11-8-5-2)49-45-42-39-36-33-30-27-24-21-18-15-12-9-6-3/h4-45H2,1-3H3. The molecule has 0 saturated heterocycles. The highest BCUT2D eigenvalue weighted by Gasteiger charge is 2.26. The maximum Gasteiger partial charge on any atom is 0.474 e. The van der Waals surface area contributed by atoms with Crippen molar-refractivity contribution in [3.05, 3.63) is 0 Å².